The molecular formula is C49H44N6O5S2. The van der Waals surface area contributed by atoms with Gasteiger partial charge in [-0.2, -0.15) is 0 Å². The number of amides is 2. The van der Waals surface area contributed by atoms with Crippen molar-refractivity contribution in [1.82, 2.24) is 20.1 Å². The lowest BCUT2D eigenvalue weighted by atomic mass is 9.77. The summed E-state index contributed by atoms with van der Waals surface area (Å²) < 4.78 is 6.28. The number of oxime groups is 1. The van der Waals surface area contributed by atoms with Crippen LogP contribution in [0.2, 0.25) is 0 Å². The Bertz CT molecular complexity index is 2470. The number of hydrogen-bond acceptors (Lipinski definition) is 11. The quantitative estimate of drug-likeness (QED) is 0.0348. The molecule has 312 valence electrons. The molecule has 6 aromatic rings. The number of carbonyl (C=O) groups is 3. The smallest absolute Gasteiger partial charge is 0.356 e. The molecule has 1 saturated heterocycles. The van der Waals surface area contributed by atoms with Gasteiger partial charge in [-0.05, 0) is 45.7 Å². The minimum Gasteiger partial charge on any atom is -0.448 e. The van der Waals surface area contributed by atoms with Gasteiger partial charge >= 0.3 is 5.97 Å². The topological polar surface area (TPSA) is 125 Å². The zero-order valence-corrected chi connectivity index (χ0v) is 35.9. The molecule has 0 radical (unpaired) electrons. The van der Waals surface area contributed by atoms with Gasteiger partial charge in [0.15, 0.2) is 16.9 Å². The molecule has 0 spiro atoms. The van der Waals surface area contributed by atoms with Crippen LogP contribution in [0.15, 0.2) is 186 Å². The molecule has 62 heavy (non-hydrogen) atoms. The van der Waals surface area contributed by atoms with Crippen LogP contribution in [0.4, 0.5) is 5.13 Å². The summed E-state index contributed by atoms with van der Waals surface area (Å²) in [5, 5.41) is 12.4. The van der Waals surface area contributed by atoms with E-state index in [9.17, 15) is 14.4 Å². The highest BCUT2D eigenvalue weighted by molar-refractivity contribution is 8.00. The first kappa shape index (κ1) is 41.8. The number of carbonyl (C=O) groups excluding carboxylic acids is 3. The average molecular weight is 861 g/mol. The average Bonchev–Trinajstić information content (AvgIpc) is 3.79. The van der Waals surface area contributed by atoms with E-state index in [0.717, 1.165) is 27.8 Å². The van der Waals surface area contributed by atoms with E-state index in [1.807, 2.05) is 147 Å². The normalized spacial score (nSPS) is 16.4. The molecule has 0 saturated carbocycles. The molecule has 0 bridgehead atoms. The minimum atomic E-state index is -0.964. The van der Waals surface area contributed by atoms with Gasteiger partial charge in [-0.25, -0.2) is 9.78 Å². The maximum atomic E-state index is 14.4. The summed E-state index contributed by atoms with van der Waals surface area (Å²) in [6, 6.07) is 48.4. The molecule has 1 aromatic heterocycles. The Balaban J connectivity index is 1.06. The first-order chi connectivity index (χ1) is 30.3. The van der Waals surface area contributed by atoms with Crippen molar-refractivity contribution in [2.24, 2.45) is 5.16 Å². The number of nitrogens with zero attached hydrogens (tertiary/aromatic N) is 4. The third kappa shape index (κ3) is 8.49. The second kappa shape index (κ2) is 18.8. The van der Waals surface area contributed by atoms with E-state index in [4.69, 9.17) is 14.6 Å². The molecule has 2 N–H and O–H groups in total. The summed E-state index contributed by atoms with van der Waals surface area (Å²) >= 11 is 2.76. The summed E-state index contributed by atoms with van der Waals surface area (Å²) in [5.41, 5.74) is 4.61. The standard InChI is InChI=1S/C49H44N6O5S2/c1-54(2)30-29-35-31-61-46-41(45(57)55(46)42(35)47(58)60-43(33-19-9-4-10-20-33)34-21-11-5-12-22-34)51-44(56)40(53-59-3)39-32-62-48(50-39)52-49(36-23-13-6-14-24-36,37-25-15-7-16-26-37)38-27-17-8-18-28-38/h4-30,32,41,43,46H,31H2,1-3H3,(H,50,52)(H,51,56)/b30-29+,53-40+. The van der Waals surface area contributed by atoms with Crippen molar-refractivity contribution in [3.8, 4) is 0 Å². The van der Waals surface area contributed by atoms with Gasteiger partial charge in [0.05, 0.1) is 0 Å². The van der Waals surface area contributed by atoms with Crippen molar-refractivity contribution in [2.75, 3.05) is 32.3 Å². The van der Waals surface area contributed by atoms with Crippen molar-refractivity contribution in [3.63, 3.8) is 0 Å². The summed E-state index contributed by atoms with van der Waals surface area (Å²) in [6.45, 7) is 0. The highest BCUT2D eigenvalue weighted by Gasteiger charge is 2.55. The molecule has 0 aliphatic carbocycles. The van der Waals surface area contributed by atoms with Crippen molar-refractivity contribution in [3.05, 3.63) is 214 Å². The lowest BCUT2D eigenvalue weighted by Gasteiger charge is -2.49. The monoisotopic (exact) mass is 860 g/mol. The molecule has 2 aliphatic rings. The highest BCUT2D eigenvalue weighted by Crippen LogP contribution is 2.43. The molecule has 2 amide bonds. The minimum absolute atomic E-state index is 0.105. The molecule has 2 aliphatic heterocycles. The van der Waals surface area contributed by atoms with Gasteiger partial charge in [-0.1, -0.05) is 157 Å². The van der Waals surface area contributed by atoms with Crippen LogP contribution in [-0.4, -0.2) is 76.7 Å². The SMILES string of the molecule is CO/N=C(/C(=O)NC1C(=O)N2C(C(=O)OC(c3ccccc3)c3ccccc3)=C(/C=C/N(C)C)CSC12)c1csc(NC(c2ccccc2)(c2ccccc2)c2ccccc2)n1. The number of benzene rings is 5. The van der Waals surface area contributed by atoms with Gasteiger partial charge in [-0.15, -0.1) is 23.1 Å². The lowest BCUT2D eigenvalue weighted by molar-refractivity contribution is -0.154. The van der Waals surface area contributed by atoms with E-state index in [1.165, 1.54) is 35.1 Å². The Kier molecular flexibility index (Phi) is 12.6. The Labute approximate surface area is 368 Å². The van der Waals surface area contributed by atoms with Gasteiger partial charge in [0.2, 0.25) is 0 Å². The number of hydrogen-bond donors (Lipinski definition) is 2. The van der Waals surface area contributed by atoms with Crippen molar-refractivity contribution in [1.29, 1.82) is 0 Å². The number of allylic oxidation sites excluding steroid dienone is 1. The molecule has 13 heteroatoms. The predicted octanol–water partition coefficient (Wildman–Crippen LogP) is 7.96. The van der Waals surface area contributed by atoms with Crippen molar-refractivity contribution in [2.45, 2.75) is 23.1 Å². The van der Waals surface area contributed by atoms with Crippen LogP contribution in [0.25, 0.3) is 0 Å². The number of aromatic nitrogens is 1. The first-order valence-electron chi connectivity index (χ1n) is 19.9. The number of thiazole rings is 1. The largest absolute Gasteiger partial charge is 0.448 e. The molecular weight excluding hydrogens is 817 g/mol. The zero-order valence-electron chi connectivity index (χ0n) is 34.3. The highest BCUT2D eigenvalue weighted by atomic mass is 32.2. The number of esters is 1. The second-order valence-corrected chi connectivity index (χ2v) is 16.7. The lowest BCUT2D eigenvalue weighted by Crippen LogP contribution is -2.71. The third-order valence-electron chi connectivity index (χ3n) is 10.5. The van der Waals surface area contributed by atoms with E-state index >= 15 is 0 Å². The van der Waals surface area contributed by atoms with Gasteiger partial charge < -0.3 is 25.1 Å². The number of β-lactam (4-membered cyclic amide) rings is 1. The maximum absolute atomic E-state index is 14.4. The predicted molar refractivity (Wildman–Crippen MR) is 244 cm³/mol. The molecule has 3 heterocycles. The van der Waals surface area contributed by atoms with Crippen LogP contribution in [0.3, 0.4) is 0 Å². The maximum Gasteiger partial charge on any atom is 0.356 e. The number of rotatable bonds is 15. The van der Waals surface area contributed by atoms with Crippen molar-refractivity contribution < 1.29 is 24.0 Å². The molecule has 1 fully saturated rings. The number of nitrogens with one attached hydrogen (secondary N) is 2. The van der Waals surface area contributed by atoms with E-state index in [2.05, 4.69) is 52.2 Å². The molecule has 8 rings (SSSR count). The number of ether oxygens (including phenoxy) is 1. The third-order valence-corrected chi connectivity index (χ3v) is 12.6. The van der Waals surface area contributed by atoms with Crippen LogP contribution in [0.1, 0.15) is 39.6 Å². The summed E-state index contributed by atoms with van der Waals surface area (Å²) in [7, 11) is 5.10. The Hall–Kier alpha value is -6.96. The van der Waals surface area contributed by atoms with E-state index < -0.39 is 40.8 Å². The van der Waals surface area contributed by atoms with Gasteiger partial charge in [0.1, 0.15) is 35.5 Å². The fourth-order valence-electron chi connectivity index (χ4n) is 7.63. The fourth-order valence-corrected chi connectivity index (χ4v) is 9.70. The number of thioether (sulfide) groups is 1. The number of anilines is 1. The fraction of sp³-hybridized carbons (Fsp3) is 0.163. The van der Waals surface area contributed by atoms with Crippen LogP contribution in [0, 0.1) is 0 Å². The summed E-state index contributed by atoms with van der Waals surface area (Å²) in [4.78, 5) is 56.0. The summed E-state index contributed by atoms with van der Waals surface area (Å²) in [5.74, 6) is -1.36. The first-order valence-corrected chi connectivity index (χ1v) is 21.9. The van der Waals surface area contributed by atoms with Crippen molar-refractivity contribution >= 4 is 51.7 Å². The molecule has 11 nitrogen and oxygen atoms in total. The number of fused-ring (bicyclic) bond motifs is 1. The zero-order chi connectivity index (χ0) is 43.1. The van der Waals surface area contributed by atoms with Crippen LogP contribution in [0.5, 0.6) is 0 Å². The van der Waals surface area contributed by atoms with Crippen LogP contribution < -0.4 is 10.6 Å². The van der Waals surface area contributed by atoms with Gasteiger partial charge in [0, 0.05) is 25.2 Å². The molecule has 5 aromatic carbocycles. The molecule has 2 atom stereocenters. The Morgan fingerprint density at radius 1 is 0.823 bits per heavy atom. The Morgan fingerprint density at radius 3 is 1.84 bits per heavy atom. The van der Waals surface area contributed by atoms with Crippen LogP contribution >= 0.6 is 23.1 Å². The van der Waals surface area contributed by atoms with E-state index in [1.54, 1.807) is 5.38 Å². The van der Waals surface area contributed by atoms with Crippen LogP contribution in [-0.2, 0) is 29.5 Å². The second-order valence-electron chi connectivity index (χ2n) is 14.8. The summed E-state index contributed by atoms with van der Waals surface area (Å²) in [6.07, 6.45) is 2.92. The molecule has 2 unspecified atom stereocenters. The van der Waals surface area contributed by atoms with Gasteiger partial charge in [-0.3, -0.25) is 14.5 Å². The van der Waals surface area contributed by atoms with E-state index in [-0.39, 0.29) is 17.1 Å². The van der Waals surface area contributed by atoms with E-state index in [0.29, 0.717) is 16.5 Å². The Morgan fingerprint density at radius 2 is 1.34 bits per heavy atom. The van der Waals surface area contributed by atoms with Gasteiger partial charge in [0.25, 0.3) is 11.8 Å².